The van der Waals surface area contributed by atoms with Crippen molar-refractivity contribution in [3.8, 4) is 11.5 Å². The molecule has 162 valence electrons. The van der Waals surface area contributed by atoms with Gasteiger partial charge >= 0.3 is 0 Å². The number of phenolic OH excluding ortho intramolecular Hbond substituents is 1. The molecule has 0 radical (unpaired) electrons. The quantitative estimate of drug-likeness (QED) is 0.724. The zero-order valence-corrected chi connectivity index (χ0v) is 17.7. The molecule has 0 saturated heterocycles. The number of aromatic hydroxyl groups is 1. The van der Waals surface area contributed by atoms with E-state index in [1.54, 1.807) is 35.4 Å². The summed E-state index contributed by atoms with van der Waals surface area (Å²) in [6.45, 7) is 0.177. The van der Waals surface area contributed by atoms with E-state index in [0.29, 0.717) is 29.7 Å². The molecule has 4 atom stereocenters. The van der Waals surface area contributed by atoms with E-state index in [0.717, 1.165) is 6.42 Å². The largest absolute Gasteiger partial charge is 0.504 e. The normalized spacial score (nSPS) is 27.7. The molecule has 1 fully saturated rings. The number of hydrogen-bond acceptors (Lipinski definition) is 6. The summed E-state index contributed by atoms with van der Waals surface area (Å²) < 4.78 is 16.8. The molecule has 0 bridgehead atoms. The first-order chi connectivity index (χ1) is 15.0. The summed E-state index contributed by atoms with van der Waals surface area (Å²) in [4.78, 5) is 28.6. The fourth-order valence-corrected chi connectivity index (χ4v) is 5.13. The van der Waals surface area contributed by atoms with Gasteiger partial charge in [-0.15, -0.1) is 11.6 Å². The molecule has 1 saturated carbocycles. The number of alkyl halides is 1. The van der Waals surface area contributed by atoms with Crippen molar-refractivity contribution < 1.29 is 28.6 Å². The summed E-state index contributed by atoms with van der Waals surface area (Å²) in [7, 11) is 1.45. The number of methoxy groups -OCH3 is 1. The number of halogens is 1. The number of ether oxygens (including phenoxy) is 2. The molecule has 1 aromatic carbocycles. The van der Waals surface area contributed by atoms with Crippen LogP contribution in [-0.2, 0) is 20.9 Å². The van der Waals surface area contributed by atoms with Crippen LogP contribution in [-0.4, -0.2) is 40.3 Å². The molecule has 4 unspecified atom stereocenters. The third-order valence-electron chi connectivity index (χ3n) is 6.30. The van der Waals surface area contributed by atoms with Crippen LogP contribution in [0, 0.1) is 5.92 Å². The number of phenols is 1. The van der Waals surface area contributed by atoms with Crippen molar-refractivity contribution in [2.24, 2.45) is 5.92 Å². The van der Waals surface area contributed by atoms with Gasteiger partial charge in [0.15, 0.2) is 23.0 Å². The van der Waals surface area contributed by atoms with Gasteiger partial charge in [-0.2, -0.15) is 0 Å². The van der Waals surface area contributed by atoms with Crippen LogP contribution in [0.2, 0.25) is 0 Å². The Morgan fingerprint density at radius 1 is 1.26 bits per heavy atom. The van der Waals surface area contributed by atoms with E-state index in [2.05, 4.69) is 0 Å². The highest BCUT2D eigenvalue weighted by Gasteiger charge is 2.52. The lowest BCUT2D eigenvalue weighted by Crippen LogP contribution is -2.41. The molecular formula is C23H22ClNO6. The van der Waals surface area contributed by atoms with Crippen LogP contribution in [0.25, 0.3) is 0 Å². The smallest absolute Gasteiger partial charge is 0.290 e. The van der Waals surface area contributed by atoms with E-state index in [1.165, 1.54) is 13.2 Å². The summed E-state index contributed by atoms with van der Waals surface area (Å²) in [5.74, 6) is 0.140. The molecule has 31 heavy (non-hydrogen) atoms. The highest BCUT2D eigenvalue weighted by atomic mass is 35.5. The first-order valence-electron chi connectivity index (χ1n) is 10.3. The zero-order valence-electron chi connectivity index (χ0n) is 16.9. The average molecular weight is 444 g/mol. The number of rotatable bonds is 4. The highest BCUT2D eigenvalue weighted by molar-refractivity contribution is 6.21. The summed E-state index contributed by atoms with van der Waals surface area (Å²) in [6, 6.07) is 7.67. The number of ketones is 1. The van der Waals surface area contributed by atoms with Gasteiger partial charge in [-0.1, -0.05) is 6.07 Å². The van der Waals surface area contributed by atoms with Gasteiger partial charge in [0.25, 0.3) is 5.91 Å². The van der Waals surface area contributed by atoms with Crippen LogP contribution in [0.4, 0.5) is 0 Å². The number of carbonyl (C=O) groups is 2. The number of nitrogens with zero attached hydrogens (tertiary/aromatic N) is 1. The van der Waals surface area contributed by atoms with Crippen LogP contribution in [0.3, 0.4) is 0 Å². The minimum Gasteiger partial charge on any atom is -0.504 e. The number of carbonyl (C=O) groups excluding carboxylic acids is 2. The molecule has 7 nitrogen and oxygen atoms in total. The summed E-state index contributed by atoms with van der Waals surface area (Å²) in [5.41, 5.74) is 0.990. The Kier molecular flexibility index (Phi) is 4.93. The number of hydrogen-bond donors (Lipinski definition) is 1. The lowest BCUT2D eigenvalue weighted by molar-refractivity contribution is -0.135. The van der Waals surface area contributed by atoms with E-state index in [9.17, 15) is 14.7 Å². The van der Waals surface area contributed by atoms with Gasteiger partial charge in [0, 0.05) is 5.38 Å². The van der Waals surface area contributed by atoms with Gasteiger partial charge in [-0.05, 0) is 49.1 Å². The second kappa shape index (κ2) is 7.64. The number of Topliss-reactive ketones (excluding diaryl/α,β-unsaturated/α-hetero) is 1. The predicted octanol–water partition coefficient (Wildman–Crippen LogP) is 3.71. The maximum absolute atomic E-state index is 13.6. The molecule has 3 heterocycles. The first kappa shape index (κ1) is 20.0. The van der Waals surface area contributed by atoms with Gasteiger partial charge in [0.05, 0.1) is 37.5 Å². The molecule has 5 rings (SSSR count). The van der Waals surface area contributed by atoms with Crippen LogP contribution >= 0.6 is 11.6 Å². The van der Waals surface area contributed by atoms with Crippen molar-refractivity contribution in [3.63, 3.8) is 0 Å². The van der Waals surface area contributed by atoms with E-state index < -0.39 is 6.04 Å². The molecule has 2 aromatic rings. The lowest BCUT2D eigenvalue weighted by atomic mass is 9.77. The van der Waals surface area contributed by atoms with E-state index in [-0.39, 0.29) is 52.9 Å². The molecule has 1 N–H and O–H groups in total. The van der Waals surface area contributed by atoms with E-state index in [4.69, 9.17) is 25.5 Å². The third-order valence-corrected chi connectivity index (χ3v) is 6.70. The monoisotopic (exact) mass is 443 g/mol. The molecule has 1 amide bonds. The lowest BCUT2D eigenvalue weighted by Gasteiger charge is -2.37. The van der Waals surface area contributed by atoms with E-state index in [1.807, 2.05) is 0 Å². The number of furan rings is 1. The van der Waals surface area contributed by atoms with Crippen molar-refractivity contribution in [2.75, 3.05) is 7.11 Å². The van der Waals surface area contributed by atoms with Crippen molar-refractivity contribution in [1.29, 1.82) is 0 Å². The third kappa shape index (κ3) is 3.28. The Morgan fingerprint density at radius 3 is 2.84 bits per heavy atom. The predicted molar refractivity (Wildman–Crippen MR) is 111 cm³/mol. The van der Waals surface area contributed by atoms with Crippen LogP contribution in [0.15, 0.2) is 52.3 Å². The molecule has 2 aliphatic heterocycles. The van der Waals surface area contributed by atoms with Crippen LogP contribution in [0.5, 0.6) is 11.5 Å². The average Bonchev–Trinajstić information content (AvgIpc) is 3.37. The van der Waals surface area contributed by atoms with Crippen molar-refractivity contribution >= 4 is 23.3 Å². The van der Waals surface area contributed by atoms with Crippen LogP contribution in [0.1, 0.15) is 36.6 Å². The van der Waals surface area contributed by atoms with Crippen molar-refractivity contribution in [1.82, 2.24) is 4.90 Å². The molecular weight excluding hydrogens is 422 g/mol. The maximum Gasteiger partial charge on any atom is 0.290 e. The van der Waals surface area contributed by atoms with Gasteiger partial charge in [-0.3, -0.25) is 9.59 Å². The number of amides is 1. The number of benzene rings is 1. The topological polar surface area (TPSA) is 89.2 Å². The number of fused-ring (bicyclic) bond motifs is 1. The summed E-state index contributed by atoms with van der Waals surface area (Å²) in [6.07, 6.45) is 3.13. The standard InChI is InChI=1S/C23H22ClNO6/c1-29-18-9-12(4-6-16(18)26)20-19-21(27)15-10-13(24)5-7-17(15)31-22(19)23(28)25(20)11-14-3-2-8-30-14/h2-4,6,8-9,13,15,17,20,26H,5,7,10-11H2,1H3. The molecule has 1 aromatic heterocycles. The Balaban J connectivity index is 1.60. The van der Waals surface area contributed by atoms with Gasteiger partial charge in [0.1, 0.15) is 11.9 Å². The minimum absolute atomic E-state index is 0.0223. The fourth-order valence-electron chi connectivity index (χ4n) is 4.81. The minimum atomic E-state index is -0.675. The summed E-state index contributed by atoms with van der Waals surface area (Å²) in [5, 5.41) is 9.95. The van der Waals surface area contributed by atoms with Gasteiger partial charge in [-0.25, -0.2) is 0 Å². The SMILES string of the molecule is COc1cc(C2C3=C(OC4CCC(Cl)CC4C3=O)C(=O)N2Cc2ccco2)ccc1O. The van der Waals surface area contributed by atoms with Gasteiger partial charge in [0.2, 0.25) is 0 Å². The van der Waals surface area contributed by atoms with Crippen molar-refractivity contribution in [3.05, 3.63) is 59.3 Å². The second-order valence-corrected chi connectivity index (χ2v) is 8.74. The van der Waals surface area contributed by atoms with E-state index >= 15 is 0 Å². The Morgan fingerprint density at radius 2 is 2.10 bits per heavy atom. The Hall–Kier alpha value is -2.93. The second-order valence-electron chi connectivity index (χ2n) is 8.13. The van der Waals surface area contributed by atoms with Gasteiger partial charge < -0.3 is 23.9 Å². The Bertz CT molecular complexity index is 1060. The van der Waals surface area contributed by atoms with Crippen molar-refractivity contribution in [2.45, 2.75) is 43.3 Å². The first-order valence-corrected chi connectivity index (χ1v) is 10.7. The molecule has 0 spiro atoms. The maximum atomic E-state index is 13.6. The highest BCUT2D eigenvalue weighted by Crippen LogP contribution is 2.48. The summed E-state index contributed by atoms with van der Waals surface area (Å²) >= 11 is 6.35. The van der Waals surface area contributed by atoms with Crippen LogP contribution < -0.4 is 4.74 Å². The molecule has 3 aliphatic rings. The fraction of sp³-hybridized carbons (Fsp3) is 0.391. The Labute approximate surface area is 184 Å². The zero-order chi connectivity index (χ0) is 21.7. The molecule has 1 aliphatic carbocycles. The molecule has 8 heteroatoms.